The van der Waals surface area contributed by atoms with E-state index in [4.69, 9.17) is 0 Å². The quantitative estimate of drug-likeness (QED) is 0.815. The van der Waals surface area contributed by atoms with Crippen molar-refractivity contribution < 1.29 is 0 Å². The van der Waals surface area contributed by atoms with Gasteiger partial charge in [0.25, 0.3) is 0 Å². The Balaban J connectivity index is 1.99. The third-order valence-electron chi connectivity index (χ3n) is 2.32. The Kier molecular flexibility index (Phi) is 4.07. The van der Waals surface area contributed by atoms with E-state index >= 15 is 0 Å². The highest BCUT2D eigenvalue weighted by atomic mass is 32.1. The van der Waals surface area contributed by atoms with Crippen LogP contribution in [-0.4, -0.2) is 11.5 Å². The molecular formula is C14H16N2S. The lowest BCUT2D eigenvalue weighted by Crippen LogP contribution is -2.14. The van der Waals surface area contributed by atoms with Crippen molar-refractivity contribution in [2.75, 3.05) is 6.54 Å². The van der Waals surface area contributed by atoms with Crippen LogP contribution >= 0.6 is 11.3 Å². The van der Waals surface area contributed by atoms with Crippen LogP contribution in [-0.2, 0) is 6.54 Å². The van der Waals surface area contributed by atoms with Gasteiger partial charge < -0.3 is 5.32 Å². The molecule has 2 rings (SSSR count). The number of nitrogens with zero attached hydrogens (tertiary/aromatic N) is 1. The number of hydrogen-bond acceptors (Lipinski definition) is 3. The molecule has 0 bridgehead atoms. The number of hydrogen-bond donors (Lipinski definition) is 1. The molecule has 0 aliphatic rings. The smallest absolute Gasteiger partial charge is 0.107 e. The molecule has 3 heteroatoms. The van der Waals surface area contributed by atoms with Crippen molar-refractivity contribution in [1.29, 1.82) is 0 Å². The predicted molar refractivity (Wildman–Crippen MR) is 74.1 cm³/mol. The average Bonchev–Trinajstić information content (AvgIpc) is 2.78. The molecule has 1 heterocycles. The summed E-state index contributed by atoms with van der Waals surface area (Å²) in [6, 6.07) is 10.3. The fourth-order valence-electron chi connectivity index (χ4n) is 1.52. The maximum Gasteiger partial charge on any atom is 0.107 e. The average molecular weight is 244 g/mol. The maximum atomic E-state index is 4.60. The SMILES string of the molecule is C=C(C)CNCc1nc(-c2ccccc2)cs1. The Labute approximate surface area is 106 Å². The second-order valence-corrected chi connectivity index (χ2v) is 5.00. The van der Waals surface area contributed by atoms with Crippen LogP contribution in [0.1, 0.15) is 11.9 Å². The van der Waals surface area contributed by atoms with E-state index in [0.717, 1.165) is 29.4 Å². The Morgan fingerprint density at radius 1 is 1.35 bits per heavy atom. The van der Waals surface area contributed by atoms with Crippen molar-refractivity contribution in [3.63, 3.8) is 0 Å². The largest absolute Gasteiger partial charge is 0.307 e. The van der Waals surface area contributed by atoms with E-state index in [1.807, 2.05) is 25.1 Å². The molecule has 0 aliphatic heterocycles. The Bertz CT molecular complexity index is 488. The highest BCUT2D eigenvalue weighted by molar-refractivity contribution is 7.09. The summed E-state index contributed by atoms with van der Waals surface area (Å²) in [5, 5.41) is 6.53. The van der Waals surface area contributed by atoms with E-state index in [-0.39, 0.29) is 0 Å². The van der Waals surface area contributed by atoms with Crippen LogP contribution in [0.25, 0.3) is 11.3 Å². The van der Waals surface area contributed by atoms with Crippen LogP contribution < -0.4 is 5.32 Å². The molecule has 1 N–H and O–H groups in total. The lowest BCUT2D eigenvalue weighted by atomic mass is 10.2. The van der Waals surface area contributed by atoms with Crippen LogP contribution in [0.15, 0.2) is 47.9 Å². The molecular weight excluding hydrogens is 228 g/mol. The summed E-state index contributed by atoms with van der Waals surface area (Å²) in [5.74, 6) is 0. The Morgan fingerprint density at radius 2 is 2.12 bits per heavy atom. The van der Waals surface area contributed by atoms with Gasteiger partial charge in [-0.3, -0.25) is 0 Å². The van der Waals surface area contributed by atoms with Crippen molar-refractivity contribution in [3.05, 3.63) is 52.9 Å². The first-order valence-electron chi connectivity index (χ1n) is 5.60. The number of nitrogens with one attached hydrogen (secondary N) is 1. The summed E-state index contributed by atoms with van der Waals surface area (Å²) >= 11 is 1.69. The summed E-state index contributed by atoms with van der Waals surface area (Å²) < 4.78 is 0. The van der Waals surface area contributed by atoms with Gasteiger partial charge in [-0.15, -0.1) is 11.3 Å². The summed E-state index contributed by atoms with van der Waals surface area (Å²) in [4.78, 5) is 4.60. The molecule has 2 nitrogen and oxygen atoms in total. The molecule has 0 fully saturated rings. The van der Waals surface area contributed by atoms with Gasteiger partial charge in [-0.25, -0.2) is 4.98 Å². The van der Waals surface area contributed by atoms with Gasteiger partial charge in [0.15, 0.2) is 0 Å². The first-order chi connectivity index (χ1) is 8.25. The molecule has 0 saturated carbocycles. The molecule has 1 aromatic carbocycles. The van der Waals surface area contributed by atoms with Crippen molar-refractivity contribution in [1.82, 2.24) is 10.3 Å². The topological polar surface area (TPSA) is 24.9 Å². The zero-order chi connectivity index (χ0) is 12.1. The van der Waals surface area contributed by atoms with Crippen LogP contribution in [0.3, 0.4) is 0 Å². The number of benzene rings is 1. The minimum absolute atomic E-state index is 0.810. The minimum Gasteiger partial charge on any atom is -0.307 e. The van der Waals surface area contributed by atoms with Crippen LogP contribution in [0.4, 0.5) is 0 Å². The molecule has 0 radical (unpaired) electrons. The number of aromatic nitrogens is 1. The zero-order valence-electron chi connectivity index (χ0n) is 9.94. The lowest BCUT2D eigenvalue weighted by molar-refractivity contribution is 0.737. The molecule has 0 amide bonds. The standard InChI is InChI=1S/C14H16N2S/c1-11(2)8-15-9-14-16-13(10-17-14)12-6-4-3-5-7-12/h3-7,10,15H,1,8-9H2,2H3. The predicted octanol–water partition coefficient (Wildman–Crippen LogP) is 3.48. The fourth-order valence-corrected chi connectivity index (χ4v) is 2.29. The van der Waals surface area contributed by atoms with Gasteiger partial charge in [0, 0.05) is 24.0 Å². The van der Waals surface area contributed by atoms with E-state index in [9.17, 15) is 0 Å². The minimum atomic E-state index is 0.810. The van der Waals surface area contributed by atoms with Gasteiger partial charge in [0.2, 0.25) is 0 Å². The lowest BCUT2D eigenvalue weighted by Gasteiger charge is -2.00. The van der Waals surface area contributed by atoms with Gasteiger partial charge in [-0.05, 0) is 6.92 Å². The molecule has 2 aromatic rings. The van der Waals surface area contributed by atoms with Crippen molar-refractivity contribution in [2.24, 2.45) is 0 Å². The Hall–Kier alpha value is -1.45. The number of thiazole rings is 1. The molecule has 0 atom stereocenters. The second kappa shape index (κ2) is 5.75. The first kappa shape index (κ1) is 12.0. The van der Waals surface area contributed by atoms with E-state index < -0.39 is 0 Å². The molecule has 17 heavy (non-hydrogen) atoms. The van der Waals surface area contributed by atoms with Gasteiger partial charge >= 0.3 is 0 Å². The van der Waals surface area contributed by atoms with E-state index in [0.29, 0.717) is 0 Å². The van der Waals surface area contributed by atoms with Crippen molar-refractivity contribution in [2.45, 2.75) is 13.5 Å². The summed E-state index contributed by atoms with van der Waals surface area (Å²) in [5.41, 5.74) is 3.38. The monoisotopic (exact) mass is 244 g/mol. The van der Waals surface area contributed by atoms with Crippen molar-refractivity contribution in [3.8, 4) is 11.3 Å². The summed E-state index contributed by atoms with van der Waals surface area (Å²) in [6.07, 6.45) is 0. The third kappa shape index (κ3) is 3.51. The molecule has 88 valence electrons. The molecule has 1 aromatic heterocycles. The van der Waals surface area contributed by atoms with E-state index in [2.05, 4.69) is 34.4 Å². The van der Waals surface area contributed by atoms with Crippen molar-refractivity contribution >= 4 is 11.3 Å². The zero-order valence-corrected chi connectivity index (χ0v) is 10.8. The van der Waals surface area contributed by atoms with Gasteiger partial charge in [-0.2, -0.15) is 0 Å². The number of rotatable bonds is 5. The summed E-state index contributed by atoms with van der Waals surface area (Å²) in [7, 11) is 0. The second-order valence-electron chi connectivity index (χ2n) is 4.05. The highest BCUT2D eigenvalue weighted by Gasteiger charge is 2.03. The van der Waals surface area contributed by atoms with Gasteiger partial charge in [0.1, 0.15) is 5.01 Å². The first-order valence-corrected chi connectivity index (χ1v) is 6.48. The Morgan fingerprint density at radius 3 is 2.82 bits per heavy atom. The maximum absolute atomic E-state index is 4.60. The normalized spacial score (nSPS) is 10.4. The fraction of sp³-hybridized carbons (Fsp3) is 0.214. The third-order valence-corrected chi connectivity index (χ3v) is 3.17. The molecule has 0 saturated heterocycles. The summed E-state index contributed by atoms with van der Waals surface area (Å²) in [6.45, 7) is 7.54. The van der Waals surface area contributed by atoms with Crippen LogP contribution in [0.5, 0.6) is 0 Å². The van der Waals surface area contributed by atoms with E-state index in [1.54, 1.807) is 11.3 Å². The van der Waals surface area contributed by atoms with Crippen LogP contribution in [0.2, 0.25) is 0 Å². The molecule has 0 spiro atoms. The van der Waals surface area contributed by atoms with Crippen LogP contribution in [0, 0.1) is 0 Å². The van der Waals surface area contributed by atoms with Gasteiger partial charge in [0.05, 0.1) is 5.69 Å². The van der Waals surface area contributed by atoms with Gasteiger partial charge in [-0.1, -0.05) is 42.5 Å². The van der Waals surface area contributed by atoms with E-state index in [1.165, 1.54) is 5.56 Å². The highest BCUT2D eigenvalue weighted by Crippen LogP contribution is 2.21. The molecule has 0 unspecified atom stereocenters. The molecule has 0 aliphatic carbocycles.